The molecule has 1 amide bonds. The molecule has 7 heteroatoms. The van der Waals surface area contributed by atoms with Crippen LogP contribution >= 0.6 is 0 Å². The highest BCUT2D eigenvalue weighted by Crippen LogP contribution is 2.24. The van der Waals surface area contributed by atoms with Crippen molar-refractivity contribution in [1.29, 1.82) is 0 Å². The summed E-state index contributed by atoms with van der Waals surface area (Å²) in [5.74, 6) is 0.437. The first-order valence-electron chi connectivity index (χ1n) is 10.1. The van der Waals surface area contributed by atoms with Crippen LogP contribution in [0.25, 0.3) is 0 Å². The van der Waals surface area contributed by atoms with E-state index >= 15 is 0 Å². The first-order valence-corrected chi connectivity index (χ1v) is 11.5. The Morgan fingerprint density at radius 3 is 2.41 bits per heavy atom. The van der Waals surface area contributed by atoms with E-state index < -0.39 is 10.0 Å². The number of nitrogens with one attached hydrogen (secondary N) is 1. The van der Waals surface area contributed by atoms with Crippen molar-refractivity contribution in [2.24, 2.45) is 11.7 Å². The number of amides is 1. The zero-order valence-electron chi connectivity index (χ0n) is 15.9. The summed E-state index contributed by atoms with van der Waals surface area (Å²) in [6, 6.07) is 7.15. The van der Waals surface area contributed by atoms with Crippen molar-refractivity contribution < 1.29 is 13.2 Å². The number of sulfonamides is 1. The predicted octanol–water partition coefficient (Wildman–Crippen LogP) is 2.04. The van der Waals surface area contributed by atoms with Crippen LogP contribution in [0.15, 0.2) is 29.2 Å². The molecule has 3 rings (SSSR count). The maximum Gasteiger partial charge on any atom is 0.243 e. The second kappa shape index (κ2) is 9.17. The monoisotopic (exact) mass is 393 g/mol. The fourth-order valence-corrected chi connectivity index (χ4v) is 5.64. The second-order valence-electron chi connectivity index (χ2n) is 7.71. The van der Waals surface area contributed by atoms with Gasteiger partial charge in [-0.05, 0) is 62.3 Å². The lowest BCUT2D eigenvalue weighted by atomic mass is 9.84. The van der Waals surface area contributed by atoms with Gasteiger partial charge in [-0.3, -0.25) is 4.79 Å². The number of aryl methyl sites for hydroxylation is 1. The number of benzene rings is 1. The largest absolute Gasteiger partial charge is 0.353 e. The fourth-order valence-electron chi connectivity index (χ4n) is 4.12. The lowest BCUT2D eigenvalue weighted by Gasteiger charge is -2.31. The highest BCUT2D eigenvalue weighted by molar-refractivity contribution is 7.89. The van der Waals surface area contributed by atoms with Crippen LogP contribution in [0, 0.1) is 5.92 Å². The van der Waals surface area contributed by atoms with Gasteiger partial charge in [-0.2, -0.15) is 4.31 Å². The van der Waals surface area contributed by atoms with E-state index in [9.17, 15) is 13.2 Å². The average molecular weight is 394 g/mol. The Morgan fingerprint density at radius 2 is 1.74 bits per heavy atom. The number of nitrogens with two attached hydrogens (primary N) is 1. The molecule has 0 radical (unpaired) electrons. The number of rotatable bonds is 7. The van der Waals surface area contributed by atoms with E-state index in [0.717, 1.165) is 37.7 Å². The smallest absolute Gasteiger partial charge is 0.243 e. The standard InChI is InChI=1S/C20H31N3O3S/c21-15-17-5-1-2-6-19(17)22-20(24)12-9-16-7-10-18(11-8-16)27(25,26)23-13-3-4-14-23/h7-8,10-11,17,19H,1-6,9,12-15,21H2,(H,22,24). The second-order valence-corrected chi connectivity index (χ2v) is 9.65. The molecule has 1 aliphatic carbocycles. The highest BCUT2D eigenvalue weighted by Gasteiger charge is 2.27. The van der Waals surface area contributed by atoms with Crippen molar-refractivity contribution in [1.82, 2.24) is 9.62 Å². The Bertz CT molecular complexity index is 727. The minimum atomic E-state index is -3.37. The van der Waals surface area contributed by atoms with Gasteiger partial charge < -0.3 is 11.1 Å². The quantitative estimate of drug-likeness (QED) is 0.741. The number of carbonyl (C=O) groups excluding carboxylic acids is 1. The van der Waals surface area contributed by atoms with Gasteiger partial charge in [-0.25, -0.2) is 8.42 Å². The van der Waals surface area contributed by atoms with Crippen molar-refractivity contribution in [3.63, 3.8) is 0 Å². The first-order chi connectivity index (χ1) is 13.0. The molecule has 2 aliphatic rings. The molecular weight excluding hydrogens is 362 g/mol. The Morgan fingerprint density at radius 1 is 1.07 bits per heavy atom. The van der Waals surface area contributed by atoms with E-state index in [2.05, 4.69) is 5.32 Å². The minimum absolute atomic E-state index is 0.0501. The van der Waals surface area contributed by atoms with Crippen LogP contribution in [0.5, 0.6) is 0 Å². The summed E-state index contributed by atoms with van der Waals surface area (Å²) in [6.45, 7) is 1.84. The highest BCUT2D eigenvalue weighted by atomic mass is 32.2. The molecule has 1 saturated carbocycles. The van der Waals surface area contributed by atoms with Gasteiger partial charge in [-0.15, -0.1) is 0 Å². The normalized spacial score (nSPS) is 24.0. The summed E-state index contributed by atoms with van der Waals surface area (Å²) >= 11 is 0. The van der Waals surface area contributed by atoms with Crippen LogP contribution in [0.3, 0.4) is 0 Å². The van der Waals surface area contributed by atoms with Gasteiger partial charge in [-0.1, -0.05) is 25.0 Å². The molecule has 1 heterocycles. The SMILES string of the molecule is NCC1CCCCC1NC(=O)CCc1ccc(S(=O)(=O)N2CCCC2)cc1. The van der Waals surface area contributed by atoms with Gasteiger partial charge in [0.15, 0.2) is 0 Å². The van der Waals surface area contributed by atoms with Crippen molar-refractivity contribution in [3.05, 3.63) is 29.8 Å². The van der Waals surface area contributed by atoms with Crippen LogP contribution in [-0.2, 0) is 21.2 Å². The average Bonchev–Trinajstić information content (AvgIpc) is 3.23. The molecular formula is C20H31N3O3S. The summed E-state index contributed by atoms with van der Waals surface area (Å²) in [7, 11) is -3.37. The summed E-state index contributed by atoms with van der Waals surface area (Å²) in [5, 5.41) is 3.14. The van der Waals surface area contributed by atoms with Crippen LogP contribution in [0.1, 0.15) is 50.5 Å². The molecule has 2 unspecified atom stereocenters. The summed E-state index contributed by atoms with van der Waals surface area (Å²) in [5.41, 5.74) is 6.80. The van der Waals surface area contributed by atoms with Crippen molar-refractivity contribution in [3.8, 4) is 0 Å². The van der Waals surface area contributed by atoms with E-state index in [1.165, 1.54) is 6.42 Å². The van der Waals surface area contributed by atoms with Gasteiger partial charge in [0.1, 0.15) is 0 Å². The zero-order chi connectivity index (χ0) is 19.3. The Balaban J connectivity index is 1.52. The molecule has 0 aromatic heterocycles. The molecule has 27 heavy (non-hydrogen) atoms. The van der Waals surface area contributed by atoms with E-state index in [-0.39, 0.29) is 11.9 Å². The summed E-state index contributed by atoms with van der Waals surface area (Å²) in [4.78, 5) is 12.6. The Kier molecular flexibility index (Phi) is 6.89. The van der Waals surface area contributed by atoms with Crippen LogP contribution in [-0.4, -0.2) is 44.3 Å². The zero-order valence-corrected chi connectivity index (χ0v) is 16.7. The maximum absolute atomic E-state index is 12.5. The molecule has 1 aromatic rings. The molecule has 2 atom stereocenters. The van der Waals surface area contributed by atoms with Gasteiger partial charge in [0, 0.05) is 25.6 Å². The third-order valence-corrected chi connectivity index (χ3v) is 7.74. The Hall–Kier alpha value is -1.44. The lowest BCUT2D eigenvalue weighted by molar-refractivity contribution is -0.122. The molecule has 150 valence electrons. The minimum Gasteiger partial charge on any atom is -0.353 e. The van der Waals surface area contributed by atoms with Crippen molar-refractivity contribution >= 4 is 15.9 Å². The van der Waals surface area contributed by atoms with Crippen molar-refractivity contribution in [2.75, 3.05) is 19.6 Å². The van der Waals surface area contributed by atoms with Crippen LogP contribution < -0.4 is 11.1 Å². The first kappa shape index (κ1) is 20.3. The fraction of sp³-hybridized carbons (Fsp3) is 0.650. The Labute approximate surface area is 162 Å². The third-order valence-electron chi connectivity index (χ3n) is 5.83. The van der Waals surface area contributed by atoms with E-state index in [1.807, 2.05) is 12.1 Å². The molecule has 1 saturated heterocycles. The molecule has 1 aromatic carbocycles. The summed E-state index contributed by atoms with van der Waals surface area (Å²) in [6.07, 6.45) is 7.32. The summed E-state index contributed by atoms with van der Waals surface area (Å²) < 4.78 is 26.6. The molecule has 2 fully saturated rings. The molecule has 3 N–H and O–H groups in total. The van der Waals surface area contributed by atoms with Crippen LogP contribution in [0.4, 0.5) is 0 Å². The van der Waals surface area contributed by atoms with Gasteiger partial charge in [0.25, 0.3) is 0 Å². The van der Waals surface area contributed by atoms with E-state index in [4.69, 9.17) is 5.73 Å². The van der Waals surface area contributed by atoms with Gasteiger partial charge in [0.2, 0.25) is 15.9 Å². The maximum atomic E-state index is 12.5. The lowest BCUT2D eigenvalue weighted by Crippen LogP contribution is -2.44. The van der Waals surface area contributed by atoms with Gasteiger partial charge >= 0.3 is 0 Å². The molecule has 1 aliphatic heterocycles. The topological polar surface area (TPSA) is 92.5 Å². The molecule has 0 spiro atoms. The van der Waals surface area contributed by atoms with Gasteiger partial charge in [0.05, 0.1) is 4.90 Å². The molecule has 6 nitrogen and oxygen atoms in total. The van der Waals surface area contributed by atoms with E-state index in [1.54, 1.807) is 16.4 Å². The van der Waals surface area contributed by atoms with Crippen LogP contribution in [0.2, 0.25) is 0 Å². The van der Waals surface area contributed by atoms with Crippen molar-refractivity contribution in [2.45, 2.75) is 62.3 Å². The third kappa shape index (κ3) is 5.09. The number of carbonyl (C=O) groups is 1. The predicted molar refractivity (Wildman–Crippen MR) is 106 cm³/mol. The number of hydrogen-bond acceptors (Lipinski definition) is 4. The van der Waals surface area contributed by atoms with E-state index in [0.29, 0.717) is 43.3 Å². The number of nitrogens with zero attached hydrogens (tertiary/aromatic N) is 1. The number of hydrogen-bond donors (Lipinski definition) is 2. The molecule has 0 bridgehead atoms.